The summed E-state index contributed by atoms with van der Waals surface area (Å²) < 4.78 is 0. The van der Waals surface area contributed by atoms with Crippen molar-refractivity contribution in [2.24, 2.45) is 5.73 Å². The van der Waals surface area contributed by atoms with Crippen LogP contribution < -0.4 is 11.1 Å². The molecule has 1 aromatic rings. The van der Waals surface area contributed by atoms with Crippen LogP contribution in [0.15, 0.2) is 18.3 Å². The van der Waals surface area contributed by atoms with Crippen molar-refractivity contribution in [3.63, 3.8) is 0 Å². The van der Waals surface area contributed by atoms with Gasteiger partial charge in [-0.2, -0.15) is 0 Å². The van der Waals surface area contributed by atoms with Gasteiger partial charge in [-0.05, 0) is 12.5 Å². The van der Waals surface area contributed by atoms with Gasteiger partial charge in [0.1, 0.15) is 5.82 Å². The quantitative estimate of drug-likeness (QED) is 0.714. The first-order valence-electron chi connectivity index (χ1n) is 4.17. The molecule has 0 saturated carbocycles. The van der Waals surface area contributed by atoms with Crippen LogP contribution in [0.25, 0.3) is 0 Å². The van der Waals surface area contributed by atoms with Gasteiger partial charge in [-0.1, -0.05) is 13.0 Å². The average Bonchev–Trinajstić information content (AvgIpc) is 2.16. The molecule has 3 heteroatoms. The molecule has 0 aromatic carbocycles. The molecule has 1 heterocycles. The molecule has 0 spiro atoms. The zero-order chi connectivity index (χ0) is 8.97. The zero-order valence-electron chi connectivity index (χ0n) is 7.54. The van der Waals surface area contributed by atoms with Gasteiger partial charge in [-0.25, -0.2) is 4.98 Å². The Morgan fingerprint density at radius 2 is 2.42 bits per heavy atom. The number of nitrogens with zero attached hydrogens (tertiary/aromatic N) is 1. The van der Waals surface area contributed by atoms with Crippen molar-refractivity contribution < 1.29 is 0 Å². The lowest BCUT2D eigenvalue weighted by atomic mass is 10.1. The van der Waals surface area contributed by atoms with Crippen molar-refractivity contribution >= 4 is 5.82 Å². The van der Waals surface area contributed by atoms with Gasteiger partial charge in [0, 0.05) is 24.8 Å². The lowest BCUT2D eigenvalue weighted by molar-refractivity contribution is 0.697. The Morgan fingerprint density at radius 1 is 1.67 bits per heavy atom. The first-order chi connectivity index (χ1) is 5.79. The van der Waals surface area contributed by atoms with Gasteiger partial charge in [-0.15, -0.1) is 0 Å². The minimum absolute atomic E-state index is 0.0844. The molecular weight excluding hydrogens is 150 g/mol. The molecule has 1 unspecified atom stereocenters. The van der Waals surface area contributed by atoms with Crippen LogP contribution in [0.3, 0.4) is 0 Å². The summed E-state index contributed by atoms with van der Waals surface area (Å²) in [6, 6.07) is 4.00. The highest BCUT2D eigenvalue weighted by Gasteiger charge is 2.07. The maximum absolute atomic E-state index is 5.89. The van der Waals surface area contributed by atoms with E-state index >= 15 is 0 Å². The molecule has 0 fully saturated rings. The molecule has 1 rings (SSSR count). The second-order valence-electron chi connectivity index (χ2n) is 2.71. The summed E-state index contributed by atoms with van der Waals surface area (Å²) in [5.74, 6) is 0.881. The number of aromatic nitrogens is 1. The van der Waals surface area contributed by atoms with Gasteiger partial charge >= 0.3 is 0 Å². The van der Waals surface area contributed by atoms with Gasteiger partial charge in [0.25, 0.3) is 0 Å². The fourth-order valence-corrected chi connectivity index (χ4v) is 1.15. The molecule has 0 radical (unpaired) electrons. The van der Waals surface area contributed by atoms with Crippen LogP contribution in [0.4, 0.5) is 5.82 Å². The Labute approximate surface area is 73.0 Å². The van der Waals surface area contributed by atoms with E-state index in [2.05, 4.69) is 17.2 Å². The first kappa shape index (κ1) is 9.00. The largest absolute Gasteiger partial charge is 0.373 e. The minimum atomic E-state index is 0.0844. The van der Waals surface area contributed by atoms with Crippen LogP contribution in [0.2, 0.25) is 0 Å². The highest BCUT2D eigenvalue weighted by molar-refractivity contribution is 5.44. The van der Waals surface area contributed by atoms with E-state index in [1.807, 2.05) is 19.2 Å². The Morgan fingerprint density at radius 3 is 3.00 bits per heavy atom. The Kier molecular flexibility index (Phi) is 3.05. The summed E-state index contributed by atoms with van der Waals surface area (Å²) in [4.78, 5) is 4.18. The van der Waals surface area contributed by atoms with Gasteiger partial charge in [0.05, 0.1) is 0 Å². The standard InChI is InChI=1S/C9H15N3/c1-3-8(10)7-5-4-6-12-9(7)11-2/h4-6,8H,3,10H2,1-2H3,(H,11,12). The number of anilines is 1. The maximum Gasteiger partial charge on any atom is 0.130 e. The maximum atomic E-state index is 5.89. The summed E-state index contributed by atoms with van der Waals surface area (Å²) in [6.45, 7) is 2.07. The number of hydrogen-bond donors (Lipinski definition) is 2. The second-order valence-corrected chi connectivity index (χ2v) is 2.71. The van der Waals surface area contributed by atoms with Crippen LogP contribution in [-0.4, -0.2) is 12.0 Å². The fraction of sp³-hybridized carbons (Fsp3) is 0.444. The fourth-order valence-electron chi connectivity index (χ4n) is 1.15. The van der Waals surface area contributed by atoms with E-state index in [1.54, 1.807) is 6.20 Å². The predicted octanol–water partition coefficient (Wildman–Crippen LogP) is 1.53. The zero-order valence-corrected chi connectivity index (χ0v) is 7.54. The van der Waals surface area contributed by atoms with Crippen LogP contribution in [-0.2, 0) is 0 Å². The highest BCUT2D eigenvalue weighted by Crippen LogP contribution is 2.19. The summed E-state index contributed by atoms with van der Waals surface area (Å²) >= 11 is 0. The van der Waals surface area contributed by atoms with Crippen LogP contribution >= 0.6 is 0 Å². The van der Waals surface area contributed by atoms with Crippen molar-refractivity contribution in [2.75, 3.05) is 12.4 Å². The number of rotatable bonds is 3. The third-order valence-electron chi connectivity index (χ3n) is 1.92. The van der Waals surface area contributed by atoms with E-state index < -0.39 is 0 Å². The van der Waals surface area contributed by atoms with Crippen LogP contribution in [0.5, 0.6) is 0 Å². The molecule has 0 aliphatic carbocycles. The van der Waals surface area contributed by atoms with E-state index in [4.69, 9.17) is 5.73 Å². The number of hydrogen-bond acceptors (Lipinski definition) is 3. The Balaban J connectivity index is 2.96. The highest BCUT2D eigenvalue weighted by atomic mass is 15.0. The summed E-state index contributed by atoms with van der Waals surface area (Å²) in [5.41, 5.74) is 6.98. The van der Waals surface area contributed by atoms with Gasteiger partial charge in [-0.3, -0.25) is 0 Å². The molecule has 0 aliphatic heterocycles. The summed E-state index contributed by atoms with van der Waals surface area (Å²) in [6.07, 6.45) is 2.69. The van der Waals surface area contributed by atoms with Crippen molar-refractivity contribution in [1.29, 1.82) is 0 Å². The SMILES string of the molecule is CCC(N)c1cccnc1NC. The van der Waals surface area contributed by atoms with E-state index in [9.17, 15) is 0 Å². The monoisotopic (exact) mass is 165 g/mol. The number of pyridine rings is 1. The van der Waals surface area contributed by atoms with Gasteiger partial charge in [0.2, 0.25) is 0 Å². The van der Waals surface area contributed by atoms with Crippen molar-refractivity contribution in [2.45, 2.75) is 19.4 Å². The van der Waals surface area contributed by atoms with Crippen molar-refractivity contribution in [3.05, 3.63) is 23.9 Å². The lowest BCUT2D eigenvalue weighted by Crippen LogP contribution is -2.11. The summed E-state index contributed by atoms with van der Waals surface area (Å²) in [5, 5.41) is 3.02. The van der Waals surface area contributed by atoms with Gasteiger partial charge in [0.15, 0.2) is 0 Å². The average molecular weight is 165 g/mol. The molecular formula is C9H15N3. The van der Waals surface area contributed by atoms with E-state index in [-0.39, 0.29) is 6.04 Å². The molecule has 1 atom stereocenters. The first-order valence-corrected chi connectivity index (χ1v) is 4.17. The van der Waals surface area contributed by atoms with Crippen molar-refractivity contribution in [1.82, 2.24) is 4.98 Å². The predicted molar refractivity (Wildman–Crippen MR) is 51.0 cm³/mol. The molecule has 0 amide bonds. The minimum Gasteiger partial charge on any atom is -0.373 e. The second kappa shape index (κ2) is 4.07. The summed E-state index contributed by atoms with van der Waals surface area (Å²) in [7, 11) is 1.86. The molecule has 0 saturated heterocycles. The molecule has 12 heavy (non-hydrogen) atoms. The number of nitrogens with one attached hydrogen (secondary N) is 1. The smallest absolute Gasteiger partial charge is 0.130 e. The van der Waals surface area contributed by atoms with Gasteiger partial charge < -0.3 is 11.1 Å². The topological polar surface area (TPSA) is 50.9 Å². The molecule has 0 bridgehead atoms. The van der Waals surface area contributed by atoms with Crippen LogP contribution in [0, 0.1) is 0 Å². The normalized spacial score (nSPS) is 12.6. The van der Waals surface area contributed by atoms with E-state index in [1.165, 1.54) is 0 Å². The van der Waals surface area contributed by atoms with E-state index in [0.717, 1.165) is 17.8 Å². The molecule has 3 N–H and O–H groups in total. The third kappa shape index (κ3) is 1.74. The Bertz CT molecular complexity index is 247. The molecule has 0 aliphatic rings. The number of nitrogens with two attached hydrogens (primary N) is 1. The third-order valence-corrected chi connectivity index (χ3v) is 1.92. The molecule has 66 valence electrons. The molecule has 1 aromatic heterocycles. The van der Waals surface area contributed by atoms with Crippen molar-refractivity contribution in [3.8, 4) is 0 Å². The van der Waals surface area contributed by atoms with E-state index in [0.29, 0.717) is 0 Å². The van der Waals surface area contributed by atoms with Crippen LogP contribution in [0.1, 0.15) is 24.9 Å². The molecule has 3 nitrogen and oxygen atoms in total. The lowest BCUT2D eigenvalue weighted by Gasteiger charge is -2.12. The Hall–Kier alpha value is -1.09.